The molecular formula is C22H26N5O7P. The van der Waals surface area contributed by atoms with Crippen LogP contribution in [0.15, 0.2) is 59.9 Å². The van der Waals surface area contributed by atoms with Gasteiger partial charge >= 0.3 is 13.7 Å². The Bertz CT molecular complexity index is 1310. The van der Waals surface area contributed by atoms with Crippen molar-refractivity contribution in [3.05, 3.63) is 65.5 Å². The van der Waals surface area contributed by atoms with Gasteiger partial charge in [-0.05, 0) is 31.1 Å². The van der Waals surface area contributed by atoms with Gasteiger partial charge in [0.05, 0.1) is 38.0 Å². The van der Waals surface area contributed by atoms with Gasteiger partial charge in [-0.2, -0.15) is 0 Å². The van der Waals surface area contributed by atoms with Gasteiger partial charge < -0.3 is 23.9 Å². The maximum absolute atomic E-state index is 13.4. The Hall–Kier alpha value is -3.31. The highest BCUT2D eigenvalue weighted by Crippen LogP contribution is 2.47. The first-order valence-electron chi connectivity index (χ1n) is 11.0. The minimum atomic E-state index is -4.03. The van der Waals surface area contributed by atoms with Crippen LogP contribution in [0.2, 0.25) is 0 Å². The zero-order valence-corrected chi connectivity index (χ0v) is 19.9. The highest BCUT2D eigenvalue weighted by molar-refractivity contribution is 7.52. The molecule has 1 saturated carbocycles. The number of hydrogen-bond donors (Lipinski definition) is 3. The van der Waals surface area contributed by atoms with Crippen LogP contribution < -0.4 is 15.2 Å². The number of aliphatic hydroxyl groups excluding tert-OH is 1. The summed E-state index contributed by atoms with van der Waals surface area (Å²) < 4.78 is 31.2. The van der Waals surface area contributed by atoms with E-state index in [4.69, 9.17) is 13.8 Å². The molecule has 0 saturated heterocycles. The van der Waals surface area contributed by atoms with Crippen molar-refractivity contribution in [2.45, 2.75) is 25.5 Å². The Balaban J connectivity index is 1.49. The maximum atomic E-state index is 13.4. The Labute approximate surface area is 200 Å². The Morgan fingerprint density at radius 2 is 2.11 bits per heavy atom. The van der Waals surface area contributed by atoms with Crippen molar-refractivity contribution < 1.29 is 28.3 Å². The van der Waals surface area contributed by atoms with E-state index in [1.807, 2.05) is 0 Å². The molecule has 0 radical (unpaired) electrons. The van der Waals surface area contributed by atoms with Crippen LogP contribution >= 0.6 is 7.75 Å². The van der Waals surface area contributed by atoms with Gasteiger partial charge in [0.15, 0.2) is 11.2 Å². The number of hydrogen-bond acceptors (Lipinski definition) is 9. The average molecular weight is 503 g/mol. The number of para-hydroxylation sites is 1. The third-order valence-corrected chi connectivity index (χ3v) is 7.14. The van der Waals surface area contributed by atoms with Crippen LogP contribution in [0.25, 0.3) is 11.2 Å². The van der Waals surface area contributed by atoms with Crippen LogP contribution in [0.1, 0.15) is 19.4 Å². The molecule has 1 aliphatic carbocycles. The van der Waals surface area contributed by atoms with Gasteiger partial charge in [0.25, 0.3) is 5.56 Å². The summed E-state index contributed by atoms with van der Waals surface area (Å²) in [5.41, 5.74) is 0.765. The van der Waals surface area contributed by atoms with E-state index in [9.17, 15) is 19.3 Å². The lowest BCUT2D eigenvalue weighted by molar-refractivity contribution is -0.141. The van der Waals surface area contributed by atoms with Crippen LogP contribution in [0.5, 0.6) is 5.75 Å². The molecule has 4 rings (SSSR count). The molecule has 2 aromatic heterocycles. The molecule has 1 fully saturated rings. The van der Waals surface area contributed by atoms with Gasteiger partial charge in [-0.1, -0.05) is 24.8 Å². The van der Waals surface area contributed by atoms with Crippen molar-refractivity contribution >= 4 is 24.9 Å². The fourth-order valence-electron chi connectivity index (χ4n) is 3.92. The number of aliphatic hydroxyl groups is 1. The molecule has 4 atom stereocenters. The molecule has 0 spiro atoms. The monoisotopic (exact) mass is 503 g/mol. The van der Waals surface area contributed by atoms with E-state index in [1.54, 1.807) is 41.8 Å². The molecule has 35 heavy (non-hydrogen) atoms. The molecule has 13 heteroatoms. The van der Waals surface area contributed by atoms with E-state index >= 15 is 0 Å². The first-order chi connectivity index (χ1) is 16.8. The third kappa shape index (κ3) is 5.51. The number of aromatic nitrogens is 4. The summed E-state index contributed by atoms with van der Waals surface area (Å²) >= 11 is 0. The lowest BCUT2D eigenvalue weighted by Gasteiger charge is -2.23. The van der Waals surface area contributed by atoms with E-state index in [0.717, 1.165) is 0 Å². The van der Waals surface area contributed by atoms with E-state index in [2.05, 4.69) is 26.6 Å². The van der Waals surface area contributed by atoms with E-state index in [1.165, 1.54) is 12.7 Å². The predicted molar refractivity (Wildman–Crippen MR) is 126 cm³/mol. The van der Waals surface area contributed by atoms with E-state index in [-0.39, 0.29) is 36.5 Å². The molecule has 0 aliphatic heterocycles. The van der Waals surface area contributed by atoms with Crippen LogP contribution in [0, 0.1) is 5.92 Å². The van der Waals surface area contributed by atoms with Crippen molar-refractivity contribution in [3.8, 4) is 5.75 Å². The van der Waals surface area contributed by atoms with Crippen LogP contribution in [0.3, 0.4) is 0 Å². The predicted octanol–water partition coefficient (Wildman–Crippen LogP) is 1.95. The van der Waals surface area contributed by atoms with Gasteiger partial charge in [0.1, 0.15) is 12.3 Å². The van der Waals surface area contributed by atoms with Gasteiger partial charge in [-0.25, -0.2) is 19.6 Å². The molecule has 12 nitrogen and oxygen atoms in total. The van der Waals surface area contributed by atoms with Gasteiger partial charge in [0, 0.05) is 5.92 Å². The molecule has 1 aromatic carbocycles. The number of fused-ring (bicyclic) bond motifs is 1. The molecule has 3 aromatic rings. The number of nitrogens with one attached hydrogen (secondary N) is 2. The number of benzene rings is 1. The molecule has 1 aliphatic rings. The average Bonchev–Trinajstić information content (AvgIpc) is 3.39. The molecule has 3 N–H and O–H groups in total. The zero-order valence-electron chi connectivity index (χ0n) is 19.0. The summed E-state index contributed by atoms with van der Waals surface area (Å²) in [6, 6.07) is 7.96. The lowest BCUT2D eigenvalue weighted by Crippen LogP contribution is -2.27. The minimum absolute atomic E-state index is 0.171. The normalized spacial score (nSPS) is 21.7. The van der Waals surface area contributed by atoms with Gasteiger partial charge in [-0.3, -0.25) is 14.1 Å². The first kappa shape index (κ1) is 24.8. The number of aromatic amines is 1. The second-order valence-electron chi connectivity index (χ2n) is 7.89. The fraction of sp³-hybridized carbons (Fsp3) is 0.364. The van der Waals surface area contributed by atoms with Crippen LogP contribution in [-0.4, -0.2) is 56.5 Å². The number of carbonyl (C=O) groups is 1. The molecular weight excluding hydrogens is 477 g/mol. The number of nitrogens with zero attached hydrogens (tertiary/aromatic N) is 3. The summed E-state index contributed by atoms with van der Waals surface area (Å²) in [6.45, 7) is 5.35. The number of H-pyrrole nitrogens is 1. The number of imidazole rings is 1. The minimum Gasteiger partial charge on any atom is -0.465 e. The van der Waals surface area contributed by atoms with E-state index < -0.39 is 38.3 Å². The highest BCUT2D eigenvalue weighted by Gasteiger charge is 2.40. The quantitative estimate of drug-likeness (QED) is 0.212. The highest BCUT2D eigenvalue weighted by atomic mass is 31.2. The lowest BCUT2D eigenvalue weighted by atomic mass is 10.0. The number of esters is 1. The summed E-state index contributed by atoms with van der Waals surface area (Å²) in [5, 5.41) is 13.3. The Morgan fingerprint density at radius 1 is 1.34 bits per heavy atom. The molecule has 0 amide bonds. The molecule has 1 unspecified atom stereocenters. The summed E-state index contributed by atoms with van der Waals surface area (Å²) in [4.78, 5) is 34.6. The Kier molecular flexibility index (Phi) is 7.46. The molecule has 186 valence electrons. The summed E-state index contributed by atoms with van der Waals surface area (Å²) in [5.74, 6) is -0.943. The third-order valence-electron chi connectivity index (χ3n) is 5.65. The van der Waals surface area contributed by atoms with Gasteiger partial charge in [-0.15, -0.1) is 0 Å². The van der Waals surface area contributed by atoms with Crippen molar-refractivity contribution in [1.29, 1.82) is 0 Å². The zero-order chi connectivity index (χ0) is 25.0. The topological polar surface area (TPSA) is 158 Å². The second-order valence-corrected chi connectivity index (χ2v) is 9.65. The molecule has 2 heterocycles. The fourth-order valence-corrected chi connectivity index (χ4v) is 5.20. The number of rotatable bonds is 10. The number of ether oxygens (including phenoxy) is 1. The van der Waals surface area contributed by atoms with E-state index in [0.29, 0.717) is 11.2 Å². The first-order valence-corrected chi connectivity index (χ1v) is 12.5. The smallest absolute Gasteiger partial charge is 0.459 e. The standard InChI is InChI=1S/C22H26N5O7P/c1-3-32-19(29)10-26-35(31,34-15-7-5-4-6-8-15)33-11-16-14(2)17(9-18(16)28)27-13-25-20-21(27)23-12-24-22(20)30/h4-8,12-13,16-18,28H,2-3,9-11H2,1H3,(H,26,31)(H,23,24,30)/t16-,17-,18-,35?/m0/s1. The molecule has 0 bridgehead atoms. The van der Waals surface area contributed by atoms with Crippen molar-refractivity contribution in [3.63, 3.8) is 0 Å². The maximum Gasteiger partial charge on any atom is 0.459 e. The van der Waals surface area contributed by atoms with Crippen molar-refractivity contribution in [1.82, 2.24) is 24.6 Å². The van der Waals surface area contributed by atoms with Crippen molar-refractivity contribution in [2.75, 3.05) is 19.8 Å². The summed E-state index contributed by atoms with van der Waals surface area (Å²) in [7, 11) is -4.03. The van der Waals surface area contributed by atoms with Gasteiger partial charge in [0.2, 0.25) is 0 Å². The summed E-state index contributed by atoms with van der Waals surface area (Å²) in [6.07, 6.45) is 2.15. The van der Waals surface area contributed by atoms with Crippen LogP contribution in [0.4, 0.5) is 0 Å². The second kappa shape index (κ2) is 10.5. The largest absolute Gasteiger partial charge is 0.465 e. The van der Waals surface area contributed by atoms with Crippen molar-refractivity contribution in [2.24, 2.45) is 5.92 Å². The number of carbonyl (C=O) groups excluding carboxylic acids is 1. The van der Waals surface area contributed by atoms with Crippen LogP contribution in [-0.2, 0) is 18.6 Å². The SMILES string of the molecule is C=C1[C@H](COP(=O)(NCC(=O)OCC)Oc2ccccc2)[C@@H](O)C[C@@H]1n1cnc2c(=O)[nH]cnc21. The Morgan fingerprint density at radius 3 is 2.86 bits per heavy atom.